The fraction of sp³-hybridized carbons (Fsp3) is 0.286. The van der Waals surface area contributed by atoms with Crippen LogP contribution in [0.3, 0.4) is 0 Å². The Bertz CT molecular complexity index is 1120. The highest BCUT2D eigenvalue weighted by molar-refractivity contribution is 7.99. The first-order valence-corrected chi connectivity index (χ1v) is 12.0. The summed E-state index contributed by atoms with van der Waals surface area (Å²) in [5, 5.41) is 9.95. The Balaban J connectivity index is 1.65. The Hall–Kier alpha value is -2.65. The molecule has 30 heavy (non-hydrogen) atoms. The van der Waals surface area contributed by atoms with Crippen LogP contribution in [0.4, 0.5) is 6.01 Å². The molecular weight excluding hydrogens is 422 g/mol. The molecule has 0 aliphatic heterocycles. The number of hydrogen-bond donors (Lipinski definition) is 1. The van der Waals surface area contributed by atoms with Gasteiger partial charge in [-0.25, -0.2) is 8.42 Å². The van der Waals surface area contributed by atoms with E-state index in [0.717, 1.165) is 16.2 Å². The van der Waals surface area contributed by atoms with Crippen molar-refractivity contribution in [1.29, 1.82) is 0 Å². The number of aromatic nitrogens is 2. The largest absolute Gasteiger partial charge is 0.407 e. The minimum Gasteiger partial charge on any atom is -0.407 e. The van der Waals surface area contributed by atoms with E-state index < -0.39 is 15.1 Å². The fourth-order valence-electron chi connectivity index (χ4n) is 2.68. The van der Waals surface area contributed by atoms with Crippen molar-refractivity contribution in [2.24, 2.45) is 0 Å². The summed E-state index contributed by atoms with van der Waals surface area (Å²) in [7, 11) is -3.31. The number of rotatable bonds is 8. The van der Waals surface area contributed by atoms with Crippen LogP contribution in [0, 0.1) is 0 Å². The maximum absolute atomic E-state index is 12.4. The van der Waals surface area contributed by atoms with E-state index in [1.807, 2.05) is 25.1 Å². The van der Waals surface area contributed by atoms with Crippen LogP contribution < -0.4 is 5.32 Å². The molecule has 1 heterocycles. The summed E-state index contributed by atoms with van der Waals surface area (Å²) in [4.78, 5) is 13.7. The van der Waals surface area contributed by atoms with Crippen molar-refractivity contribution in [3.8, 4) is 0 Å². The van der Waals surface area contributed by atoms with Crippen molar-refractivity contribution >= 4 is 33.5 Å². The predicted molar refractivity (Wildman–Crippen MR) is 117 cm³/mol. The lowest BCUT2D eigenvalue weighted by molar-refractivity contribution is 0.102. The Morgan fingerprint density at radius 3 is 2.53 bits per heavy atom. The zero-order valence-corrected chi connectivity index (χ0v) is 18.6. The van der Waals surface area contributed by atoms with Gasteiger partial charge in [0.15, 0.2) is 9.84 Å². The van der Waals surface area contributed by atoms with Gasteiger partial charge < -0.3 is 4.42 Å². The van der Waals surface area contributed by atoms with Gasteiger partial charge in [-0.2, -0.15) is 0 Å². The molecular formula is C21H23N3O4S2. The highest BCUT2D eigenvalue weighted by atomic mass is 32.2. The summed E-state index contributed by atoms with van der Waals surface area (Å²) in [5.74, 6) is 0.912. The molecule has 0 unspecified atom stereocenters. The number of nitrogens with zero attached hydrogens (tertiary/aromatic N) is 2. The Morgan fingerprint density at radius 1 is 1.13 bits per heavy atom. The van der Waals surface area contributed by atoms with Crippen molar-refractivity contribution in [3.05, 3.63) is 65.5 Å². The van der Waals surface area contributed by atoms with Gasteiger partial charge in [-0.1, -0.05) is 30.2 Å². The van der Waals surface area contributed by atoms with E-state index in [-0.39, 0.29) is 16.8 Å². The lowest BCUT2D eigenvalue weighted by atomic mass is 10.1. The number of sulfone groups is 1. The number of carbonyl (C=O) groups excluding carboxylic acids is 1. The molecule has 0 saturated heterocycles. The van der Waals surface area contributed by atoms with Gasteiger partial charge in [0.2, 0.25) is 5.89 Å². The molecule has 1 aromatic heterocycles. The molecule has 0 aliphatic carbocycles. The number of amides is 1. The summed E-state index contributed by atoms with van der Waals surface area (Å²) in [6.45, 7) is 5.35. The van der Waals surface area contributed by atoms with E-state index in [9.17, 15) is 13.2 Å². The topological polar surface area (TPSA) is 102 Å². The van der Waals surface area contributed by atoms with Gasteiger partial charge in [0.25, 0.3) is 5.91 Å². The molecule has 1 N–H and O–H groups in total. The summed E-state index contributed by atoms with van der Waals surface area (Å²) in [5.41, 5.74) is 1.33. The van der Waals surface area contributed by atoms with Crippen LogP contribution in [0.15, 0.2) is 62.7 Å². The van der Waals surface area contributed by atoms with E-state index in [4.69, 9.17) is 4.42 Å². The second-order valence-corrected chi connectivity index (χ2v) is 10.7. The van der Waals surface area contributed by atoms with Gasteiger partial charge in [0.05, 0.1) is 16.6 Å². The summed E-state index contributed by atoms with van der Waals surface area (Å²) in [6, 6.07) is 13.9. The Labute approximate surface area is 180 Å². The molecule has 1 amide bonds. The van der Waals surface area contributed by atoms with Gasteiger partial charge in [-0.3, -0.25) is 10.1 Å². The highest BCUT2D eigenvalue weighted by Gasteiger charge is 2.19. The van der Waals surface area contributed by atoms with E-state index in [0.29, 0.717) is 17.9 Å². The molecule has 2 aromatic carbocycles. The van der Waals surface area contributed by atoms with Crippen molar-refractivity contribution in [2.75, 3.05) is 11.1 Å². The molecule has 0 aliphatic rings. The third kappa shape index (κ3) is 5.28. The predicted octanol–water partition coefficient (Wildman–Crippen LogP) is 4.21. The molecule has 3 rings (SSSR count). The molecule has 0 fully saturated rings. The quantitative estimate of drug-likeness (QED) is 0.518. The van der Waals surface area contributed by atoms with Crippen LogP contribution >= 0.6 is 11.8 Å². The molecule has 0 saturated carbocycles. The number of nitrogens with one attached hydrogen (secondary N) is 1. The second-order valence-electron chi connectivity index (χ2n) is 6.83. The average Bonchev–Trinajstić information content (AvgIpc) is 3.15. The first kappa shape index (κ1) is 22.0. The normalized spacial score (nSPS) is 11.6. The van der Waals surface area contributed by atoms with Gasteiger partial charge >= 0.3 is 6.01 Å². The third-order valence-electron chi connectivity index (χ3n) is 4.32. The molecule has 9 heteroatoms. The standard InChI is InChI=1S/C21H23N3O4S2/c1-4-29-17-7-5-6-16(13-17)20(25)22-21-24-23-19(28-21)12-15-8-10-18(11-9-15)30(26,27)14(2)3/h5-11,13-14H,4,12H2,1-3H3,(H,22,24,25). The van der Waals surface area contributed by atoms with Gasteiger partial charge in [0, 0.05) is 10.5 Å². The molecule has 0 radical (unpaired) electrons. The first-order valence-electron chi connectivity index (χ1n) is 9.49. The minimum absolute atomic E-state index is 0.0163. The fourth-order valence-corrected chi connectivity index (χ4v) is 4.46. The third-order valence-corrected chi connectivity index (χ3v) is 7.37. The lowest BCUT2D eigenvalue weighted by Crippen LogP contribution is -2.13. The van der Waals surface area contributed by atoms with Crippen LogP contribution in [0.25, 0.3) is 0 Å². The molecule has 158 valence electrons. The van der Waals surface area contributed by atoms with Gasteiger partial charge in [-0.15, -0.1) is 16.9 Å². The molecule has 0 bridgehead atoms. The monoisotopic (exact) mass is 445 g/mol. The van der Waals surface area contributed by atoms with Gasteiger partial charge in [0.1, 0.15) is 0 Å². The van der Waals surface area contributed by atoms with E-state index in [1.165, 1.54) is 0 Å². The van der Waals surface area contributed by atoms with Crippen LogP contribution in [-0.4, -0.2) is 35.5 Å². The minimum atomic E-state index is -3.31. The second kappa shape index (κ2) is 9.44. The van der Waals surface area contributed by atoms with E-state index >= 15 is 0 Å². The van der Waals surface area contributed by atoms with Crippen LogP contribution in [0.5, 0.6) is 0 Å². The zero-order valence-electron chi connectivity index (χ0n) is 17.0. The number of hydrogen-bond acceptors (Lipinski definition) is 7. The highest BCUT2D eigenvalue weighted by Crippen LogP contribution is 2.20. The van der Waals surface area contributed by atoms with E-state index in [1.54, 1.807) is 55.9 Å². The van der Waals surface area contributed by atoms with Crippen molar-refractivity contribution in [2.45, 2.75) is 42.2 Å². The molecule has 0 spiro atoms. The Morgan fingerprint density at radius 2 is 1.87 bits per heavy atom. The Kier molecular flexibility index (Phi) is 6.94. The first-order chi connectivity index (χ1) is 14.3. The maximum Gasteiger partial charge on any atom is 0.322 e. The SMILES string of the molecule is CCSc1cccc(C(=O)Nc2nnc(Cc3ccc(S(=O)(=O)C(C)C)cc3)o2)c1. The number of benzene rings is 2. The van der Waals surface area contributed by atoms with Crippen molar-refractivity contribution < 1.29 is 17.6 Å². The molecule has 0 atom stereocenters. The number of thioether (sulfide) groups is 1. The number of anilines is 1. The summed E-state index contributed by atoms with van der Waals surface area (Å²) in [6.07, 6.45) is 0.327. The van der Waals surface area contributed by atoms with Crippen LogP contribution in [0.1, 0.15) is 42.6 Å². The smallest absolute Gasteiger partial charge is 0.322 e. The molecule has 3 aromatic rings. The van der Waals surface area contributed by atoms with Gasteiger partial charge in [-0.05, 0) is 55.5 Å². The van der Waals surface area contributed by atoms with Crippen molar-refractivity contribution in [3.63, 3.8) is 0 Å². The van der Waals surface area contributed by atoms with E-state index in [2.05, 4.69) is 15.5 Å². The number of carbonyl (C=O) groups is 1. The maximum atomic E-state index is 12.4. The zero-order chi connectivity index (χ0) is 21.7. The van der Waals surface area contributed by atoms with Crippen molar-refractivity contribution in [1.82, 2.24) is 10.2 Å². The lowest BCUT2D eigenvalue weighted by Gasteiger charge is -2.08. The van der Waals surface area contributed by atoms with Crippen LogP contribution in [-0.2, 0) is 16.3 Å². The molecule has 7 nitrogen and oxygen atoms in total. The summed E-state index contributed by atoms with van der Waals surface area (Å²) < 4.78 is 29.9. The van der Waals surface area contributed by atoms with Crippen LogP contribution in [0.2, 0.25) is 0 Å². The average molecular weight is 446 g/mol. The summed E-state index contributed by atoms with van der Waals surface area (Å²) >= 11 is 1.65.